The maximum Gasteiger partial charge on any atom is 0.281 e. The number of anilines is 1. The summed E-state index contributed by atoms with van der Waals surface area (Å²) < 4.78 is 39.0. The molecule has 37 heavy (non-hydrogen) atoms. The van der Waals surface area contributed by atoms with E-state index in [0.29, 0.717) is 22.8 Å². The van der Waals surface area contributed by atoms with Crippen molar-refractivity contribution in [2.45, 2.75) is 25.8 Å². The van der Waals surface area contributed by atoms with Crippen molar-refractivity contribution in [3.05, 3.63) is 83.2 Å². The number of nitrogen functional groups attached to an aromatic ring is 1. The number of pyridine rings is 3. The SMILES string of the molecule is COc1cncc(-c2ccc(C(=O)NS(=O)(=O)c3cccc(N)n3)c(Oc3c(C)cc(C)cc3C)n2)c1. The first kappa shape index (κ1) is 25.6. The van der Waals surface area contributed by atoms with E-state index in [1.165, 1.54) is 31.4 Å². The fourth-order valence-corrected chi connectivity index (χ4v) is 4.70. The van der Waals surface area contributed by atoms with E-state index in [4.69, 9.17) is 15.2 Å². The summed E-state index contributed by atoms with van der Waals surface area (Å²) in [6.07, 6.45) is 3.14. The fourth-order valence-electron chi connectivity index (χ4n) is 3.76. The number of aromatic nitrogens is 3. The first-order valence-corrected chi connectivity index (χ1v) is 12.6. The Labute approximate surface area is 214 Å². The fraction of sp³-hybridized carbons (Fsp3) is 0.154. The molecule has 4 aromatic rings. The Morgan fingerprint density at radius 2 is 1.70 bits per heavy atom. The standard InChI is InChI=1S/C26H25N5O5S/c1-15-10-16(2)24(17(3)11-15)36-26-20(8-9-21(29-26)18-12-19(35-4)14-28-13-18)25(32)31-37(33,34)23-7-5-6-22(27)30-23/h5-14H,1-4H3,(H2,27,30)(H,31,32). The summed E-state index contributed by atoms with van der Waals surface area (Å²) in [6, 6.07) is 12.7. The summed E-state index contributed by atoms with van der Waals surface area (Å²) in [4.78, 5) is 25.7. The third-order valence-corrected chi connectivity index (χ3v) is 6.63. The maximum atomic E-state index is 13.2. The zero-order chi connectivity index (χ0) is 26.7. The second-order valence-electron chi connectivity index (χ2n) is 8.33. The van der Waals surface area contributed by atoms with E-state index >= 15 is 0 Å². The molecule has 0 aliphatic rings. The smallest absolute Gasteiger partial charge is 0.281 e. The van der Waals surface area contributed by atoms with Crippen LogP contribution in [0.5, 0.6) is 17.4 Å². The summed E-state index contributed by atoms with van der Waals surface area (Å²) in [7, 11) is -2.79. The average Bonchev–Trinajstić information content (AvgIpc) is 2.86. The molecule has 3 N–H and O–H groups in total. The molecular formula is C26H25N5O5S. The molecule has 4 rings (SSSR count). The van der Waals surface area contributed by atoms with Gasteiger partial charge in [-0.2, -0.15) is 8.42 Å². The van der Waals surface area contributed by atoms with Crippen molar-refractivity contribution < 1.29 is 22.7 Å². The van der Waals surface area contributed by atoms with Gasteiger partial charge in [-0.25, -0.2) is 14.7 Å². The summed E-state index contributed by atoms with van der Waals surface area (Å²) in [5.74, 6) is 0.0126. The van der Waals surface area contributed by atoms with Crippen molar-refractivity contribution in [3.8, 4) is 28.6 Å². The number of sulfonamides is 1. The lowest BCUT2D eigenvalue weighted by atomic mass is 10.1. The molecule has 0 atom stereocenters. The van der Waals surface area contributed by atoms with Gasteiger partial charge >= 0.3 is 0 Å². The predicted octanol–water partition coefficient (Wildman–Crippen LogP) is 3.97. The van der Waals surface area contributed by atoms with Crippen molar-refractivity contribution in [1.82, 2.24) is 19.7 Å². The summed E-state index contributed by atoms with van der Waals surface area (Å²) in [5, 5.41) is -0.388. The largest absolute Gasteiger partial charge is 0.495 e. The number of hydrogen-bond acceptors (Lipinski definition) is 9. The maximum absolute atomic E-state index is 13.2. The monoisotopic (exact) mass is 519 g/mol. The minimum absolute atomic E-state index is 0.00239. The Hall–Kier alpha value is -4.51. The van der Waals surface area contributed by atoms with Crippen molar-refractivity contribution in [2.24, 2.45) is 0 Å². The van der Waals surface area contributed by atoms with E-state index in [0.717, 1.165) is 16.7 Å². The van der Waals surface area contributed by atoms with Crippen molar-refractivity contribution >= 4 is 21.7 Å². The minimum atomic E-state index is -4.31. The Bertz CT molecular complexity index is 1580. The molecule has 11 heteroatoms. The topological polar surface area (TPSA) is 146 Å². The molecule has 3 heterocycles. The molecule has 10 nitrogen and oxygen atoms in total. The van der Waals surface area contributed by atoms with E-state index in [9.17, 15) is 13.2 Å². The van der Waals surface area contributed by atoms with Crippen LogP contribution in [0, 0.1) is 20.8 Å². The van der Waals surface area contributed by atoms with Crippen LogP contribution in [0.2, 0.25) is 0 Å². The van der Waals surface area contributed by atoms with Crippen LogP contribution in [0.3, 0.4) is 0 Å². The van der Waals surface area contributed by atoms with Crippen LogP contribution < -0.4 is 19.9 Å². The number of benzene rings is 1. The first-order valence-electron chi connectivity index (χ1n) is 11.1. The van der Waals surface area contributed by atoms with E-state index in [1.54, 1.807) is 24.5 Å². The van der Waals surface area contributed by atoms with E-state index < -0.39 is 15.9 Å². The van der Waals surface area contributed by atoms with Gasteiger partial charge in [0.2, 0.25) is 5.88 Å². The van der Waals surface area contributed by atoms with Gasteiger partial charge in [0.25, 0.3) is 15.9 Å². The highest BCUT2D eigenvalue weighted by molar-refractivity contribution is 7.90. The Balaban J connectivity index is 1.78. The molecule has 0 radical (unpaired) electrons. The molecule has 190 valence electrons. The second-order valence-corrected chi connectivity index (χ2v) is 9.96. The number of nitrogens with one attached hydrogen (secondary N) is 1. The number of hydrogen-bond donors (Lipinski definition) is 2. The highest BCUT2D eigenvalue weighted by atomic mass is 32.2. The number of rotatable bonds is 7. The van der Waals surface area contributed by atoms with Crippen LogP contribution in [0.15, 0.2) is 66.0 Å². The van der Waals surface area contributed by atoms with Gasteiger partial charge in [-0.1, -0.05) is 23.8 Å². The van der Waals surface area contributed by atoms with E-state index in [2.05, 4.69) is 15.0 Å². The quantitative estimate of drug-likeness (QED) is 0.370. The van der Waals surface area contributed by atoms with Crippen LogP contribution in [0.4, 0.5) is 5.82 Å². The van der Waals surface area contributed by atoms with Crippen LogP contribution in [-0.4, -0.2) is 36.4 Å². The van der Waals surface area contributed by atoms with Gasteiger partial charge in [0.15, 0.2) is 5.03 Å². The lowest BCUT2D eigenvalue weighted by Gasteiger charge is -2.16. The highest BCUT2D eigenvalue weighted by Crippen LogP contribution is 2.33. The zero-order valence-electron chi connectivity index (χ0n) is 20.6. The van der Waals surface area contributed by atoms with Gasteiger partial charge in [-0.3, -0.25) is 9.78 Å². The molecule has 0 fully saturated rings. The lowest BCUT2D eigenvalue weighted by molar-refractivity contribution is 0.0978. The minimum Gasteiger partial charge on any atom is -0.495 e. The second kappa shape index (κ2) is 10.2. The predicted molar refractivity (Wildman–Crippen MR) is 138 cm³/mol. The zero-order valence-corrected chi connectivity index (χ0v) is 21.5. The van der Waals surface area contributed by atoms with Gasteiger partial charge in [-0.05, 0) is 62.2 Å². The highest BCUT2D eigenvalue weighted by Gasteiger charge is 2.25. The van der Waals surface area contributed by atoms with Crippen molar-refractivity contribution in [2.75, 3.05) is 12.8 Å². The van der Waals surface area contributed by atoms with Gasteiger partial charge in [0, 0.05) is 11.8 Å². The Morgan fingerprint density at radius 3 is 2.38 bits per heavy atom. The molecule has 0 aliphatic heterocycles. The molecule has 1 aromatic carbocycles. The van der Waals surface area contributed by atoms with Crippen LogP contribution in [0.25, 0.3) is 11.3 Å². The normalized spacial score (nSPS) is 11.1. The summed E-state index contributed by atoms with van der Waals surface area (Å²) in [6.45, 7) is 5.72. The molecule has 0 unspecified atom stereocenters. The summed E-state index contributed by atoms with van der Waals surface area (Å²) in [5.41, 5.74) is 9.28. The van der Waals surface area contributed by atoms with Gasteiger partial charge in [0.05, 0.1) is 19.0 Å². The van der Waals surface area contributed by atoms with Crippen LogP contribution in [0.1, 0.15) is 27.0 Å². The van der Waals surface area contributed by atoms with Crippen molar-refractivity contribution in [1.29, 1.82) is 0 Å². The number of methoxy groups -OCH3 is 1. The van der Waals surface area contributed by atoms with Crippen LogP contribution >= 0.6 is 0 Å². The average molecular weight is 520 g/mol. The Morgan fingerprint density at radius 1 is 0.973 bits per heavy atom. The first-order chi connectivity index (χ1) is 17.6. The molecule has 0 bridgehead atoms. The number of ether oxygens (including phenoxy) is 2. The molecule has 3 aromatic heterocycles. The van der Waals surface area contributed by atoms with Crippen molar-refractivity contribution in [3.63, 3.8) is 0 Å². The van der Waals surface area contributed by atoms with Gasteiger partial charge in [-0.15, -0.1) is 0 Å². The van der Waals surface area contributed by atoms with Gasteiger partial charge in [0.1, 0.15) is 22.9 Å². The number of nitrogens with two attached hydrogens (primary N) is 1. The third-order valence-electron chi connectivity index (χ3n) is 5.40. The van der Waals surface area contributed by atoms with Gasteiger partial charge < -0.3 is 15.2 Å². The molecule has 0 saturated carbocycles. The molecule has 1 amide bonds. The van der Waals surface area contributed by atoms with Crippen LogP contribution in [-0.2, 0) is 10.0 Å². The number of nitrogens with zero attached hydrogens (tertiary/aromatic N) is 3. The Kier molecular flexibility index (Phi) is 7.07. The molecule has 0 spiro atoms. The molecule has 0 saturated heterocycles. The molecule has 0 aliphatic carbocycles. The molecular weight excluding hydrogens is 494 g/mol. The lowest BCUT2D eigenvalue weighted by Crippen LogP contribution is -2.31. The third kappa shape index (κ3) is 5.67. The number of carbonyl (C=O) groups is 1. The summed E-state index contributed by atoms with van der Waals surface area (Å²) >= 11 is 0. The number of aryl methyl sites for hydroxylation is 3. The number of carbonyl (C=O) groups excluding carboxylic acids is 1. The number of amides is 1. The van der Waals surface area contributed by atoms with E-state index in [1.807, 2.05) is 37.6 Å². The van der Waals surface area contributed by atoms with E-state index in [-0.39, 0.29) is 22.3 Å².